The molecule has 6 heavy (non-hydrogen) atoms. The van der Waals surface area contributed by atoms with Crippen LogP contribution in [0.15, 0.2) is 0 Å². The van der Waals surface area contributed by atoms with Crippen LogP contribution in [0.25, 0.3) is 0 Å². The Morgan fingerprint density at radius 1 is 2.00 bits per heavy atom. The molecule has 0 fully saturated rings. The Kier molecular flexibility index (Phi) is 3.17. The summed E-state index contributed by atoms with van der Waals surface area (Å²) >= 11 is 3.74. The molecular formula is C3H7NOS. The minimum atomic E-state index is -0.381. The molecule has 0 saturated carbocycles. The van der Waals surface area contributed by atoms with Crippen LogP contribution in [0.4, 0.5) is 0 Å². The Balaban J connectivity index is 2.96. The van der Waals surface area contributed by atoms with Crippen molar-refractivity contribution in [2.45, 2.75) is 6.04 Å². The fraction of sp³-hybridized carbons (Fsp3) is 0.667. The van der Waals surface area contributed by atoms with Gasteiger partial charge in [0.1, 0.15) is 6.29 Å². The van der Waals surface area contributed by atoms with Crippen LogP contribution in [0.3, 0.4) is 0 Å². The van der Waals surface area contributed by atoms with Crippen molar-refractivity contribution in [3.8, 4) is 0 Å². The number of hydrogen-bond acceptors (Lipinski definition) is 3. The molecule has 2 N–H and O–H groups in total. The van der Waals surface area contributed by atoms with Crippen LogP contribution < -0.4 is 5.73 Å². The fourth-order valence-corrected chi connectivity index (χ4v) is 0.129. The van der Waals surface area contributed by atoms with E-state index in [-0.39, 0.29) is 6.04 Å². The maximum atomic E-state index is 9.56. The first-order chi connectivity index (χ1) is 2.81. The molecule has 0 aromatic carbocycles. The number of rotatable bonds is 2. The smallest absolute Gasteiger partial charge is 0.137 e. The van der Waals surface area contributed by atoms with Crippen LogP contribution in [0.1, 0.15) is 0 Å². The summed E-state index contributed by atoms with van der Waals surface area (Å²) in [4.78, 5) is 9.56. The Morgan fingerprint density at radius 2 is 2.50 bits per heavy atom. The van der Waals surface area contributed by atoms with Crippen LogP contribution >= 0.6 is 12.6 Å². The highest BCUT2D eigenvalue weighted by molar-refractivity contribution is 7.80. The van der Waals surface area contributed by atoms with Gasteiger partial charge in [0.15, 0.2) is 0 Å². The van der Waals surface area contributed by atoms with Crippen molar-refractivity contribution >= 4 is 18.9 Å². The van der Waals surface area contributed by atoms with Crippen molar-refractivity contribution in [2.24, 2.45) is 5.73 Å². The molecule has 0 aromatic heterocycles. The molecule has 0 heterocycles. The highest BCUT2D eigenvalue weighted by Crippen LogP contribution is 1.73. The van der Waals surface area contributed by atoms with Crippen LogP contribution in [0.2, 0.25) is 0 Å². The zero-order valence-corrected chi connectivity index (χ0v) is 4.19. The van der Waals surface area contributed by atoms with Crippen LogP contribution in [-0.2, 0) is 4.79 Å². The monoisotopic (exact) mass is 105 g/mol. The predicted octanol–water partition coefficient (Wildman–Crippen LogP) is -0.558. The second-order valence-corrected chi connectivity index (χ2v) is 1.35. The molecule has 0 radical (unpaired) electrons. The number of hydrogen-bond donors (Lipinski definition) is 2. The molecule has 0 spiro atoms. The lowest BCUT2D eigenvalue weighted by molar-refractivity contribution is -0.108. The average Bonchev–Trinajstić information content (AvgIpc) is 1.65. The van der Waals surface area contributed by atoms with Crippen LogP contribution in [0.5, 0.6) is 0 Å². The maximum Gasteiger partial charge on any atom is 0.137 e. The zero-order valence-electron chi connectivity index (χ0n) is 3.29. The lowest BCUT2D eigenvalue weighted by Crippen LogP contribution is -2.22. The Bertz CT molecular complexity index is 48.1. The van der Waals surface area contributed by atoms with E-state index in [1.807, 2.05) is 0 Å². The molecule has 0 aliphatic carbocycles. The van der Waals surface area contributed by atoms with Gasteiger partial charge in [-0.1, -0.05) is 0 Å². The predicted molar refractivity (Wildman–Crippen MR) is 27.9 cm³/mol. The van der Waals surface area contributed by atoms with E-state index in [0.29, 0.717) is 12.0 Å². The van der Waals surface area contributed by atoms with Gasteiger partial charge in [-0.3, -0.25) is 0 Å². The van der Waals surface area contributed by atoms with Gasteiger partial charge in [-0.15, -0.1) is 0 Å². The Labute approximate surface area is 42.1 Å². The second-order valence-electron chi connectivity index (χ2n) is 0.983. The van der Waals surface area contributed by atoms with Crippen LogP contribution in [0, 0.1) is 0 Å². The molecule has 0 aromatic rings. The molecule has 0 amide bonds. The van der Waals surface area contributed by atoms with E-state index in [4.69, 9.17) is 5.73 Å². The summed E-state index contributed by atoms with van der Waals surface area (Å²) in [6.45, 7) is 0. The summed E-state index contributed by atoms with van der Waals surface area (Å²) in [6.07, 6.45) is 0.674. The quantitative estimate of drug-likeness (QED) is 0.365. The maximum absolute atomic E-state index is 9.56. The van der Waals surface area contributed by atoms with Gasteiger partial charge in [-0.2, -0.15) is 12.6 Å². The van der Waals surface area contributed by atoms with E-state index in [0.717, 1.165) is 0 Å². The van der Waals surface area contributed by atoms with Crippen molar-refractivity contribution in [2.75, 3.05) is 5.75 Å². The largest absolute Gasteiger partial charge is 0.321 e. The molecule has 1 unspecified atom stereocenters. The highest BCUT2D eigenvalue weighted by atomic mass is 32.1. The van der Waals surface area contributed by atoms with E-state index < -0.39 is 0 Å². The molecule has 36 valence electrons. The van der Waals surface area contributed by atoms with Crippen molar-refractivity contribution in [3.63, 3.8) is 0 Å². The van der Waals surface area contributed by atoms with Gasteiger partial charge < -0.3 is 10.5 Å². The van der Waals surface area contributed by atoms with Crippen molar-refractivity contribution in [3.05, 3.63) is 0 Å². The third-order valence-electron chi connectivity index (χ3n) is 0.386. The summed E-state index contributed by atoms with van der Waals surface area (Å²) in [5.41, 5.74) is 5.03. The average molecular weight is 105 g/mol. The molecule has 0 aliphatic rings. The minimum absolute atomic E-state index is 0.381. The SMILES string of the molecule is NC(C=O)CS. The Morgan fingerprint density at radius 3 is 2.50 bits per heavy atom. The zero-order chi connectivity index (χ0) is 4.99. The van der Waals surface area contributed by atoms with Gasteiger partial charge in [0, 0.05) is 5.75 Å². The summed E-state index contributed by atoms with van der Waals surface area (Å²) < 4.78 is 0. The van der Waals surface area contributed by atoms with Gasteiger partial charge in [0.25, 0.3) is 0 Å². The van der Waals surface area contributed by atoms with Gasteiger partial charge >= 0.3 is 0 Å². The summed E-state index contributed by atoms with van der Waals surface area (Å²) in [6, 6.07) is -0.381. The van der Waals surface area contributed by atoms with Gasteiger partial charge in [-0.05, 0) is 0 Å². The first kappa shape index (κ1) is 5.98. The molecule has 0 rings (SSSR count). The van der Waals surface area contributed by atoms with E-state index in [1.165, 1.54) is 0 Å². The number of carbonyl (C=O) groups excluding carboxylic acids is 1. The molecule has 0 saturated heterocycles. The second kappa shape index (κ2) is 3.18. The summed E-state index contributed by atoms with van der Waals surface area (Å²) in [7, 11) is 0. The van der Waals surface area contributed by atoms with Gasteiger partial charge in [-0.25, -0.2) is 0 Å². The molecule has 0 aliphatic heterocycles. The first-order valence-corrected chi connectivity index (χ1v) is 2.26. The normalized spacial score (nSPS) is 13.7. The van der Waals surface area contributed by atoms with Gasteiger partial charge in [0.2, 0.25) is 0 Å². The third kappa shape index (κ3) is 2.23. The molecule has 0 bridgehead atoms. The number of carbonyl (C=O) groups is 1. The minimum Gasteiger partial charge on any atom is -0.321 e. The first-order valence-electron chi connectivity index (χ1n) is 1.63. The van der Waals surface area contributed by atoms with Crippen molar-refractivity contribution in [1.82, 2.24) is 0 Å². The van der Waals surface area contributed by atoms with Crippen molar-refractivity contribution < 1.29 is 4.79 Å². The van der Waals surface area contributed by atoms with E-state index in [2.05, 4.69) is 12.6 Å². The highest BCUT2D eigenvalue weighted by Gasteiger charge is 1.89. The standard InChI is InChI=1S/C3H7NOS/c4-3(1-5)2-6/h1,3,6H,2,4H2. The molecule has 2 nitrogen and oxygen atoms in total. The number of thiol groups is 1. The summed E-state index contributed by atoms with van der Waals surface area (Å²) in [5, 5.41) is 0. The summed E-state index contributed by atoms with van der Waals surface area (Å²) in [5.74, 6) is 0.434. The topological polar surface area (TPSA) is 43.1 Å². The number of nitrogens with two attached hydrogens (primary N) is 1. The van der Waals surface area contributed by atoms with E-state index in [9.17, 15) is 4.79 Å². The molecule has 3 heteroatoms. The van der Waals surface area contributed by atoms with E-state index >= 15 is 0 Å². The molecule has 1 atom stereocenters. The third-order valence-corrected chi connectivity index (χ3v) is 0.807. The fourth-order valence-electron chi connectivity index (χ4n) is 0.0430. The lowest BCUT2D eigenvalue weighted by atomic mass is 10.4. The van der Waals surface area contributed by atoms with E-state index in [1.54, 1.807) is 0 Å². The lowest BCUT2D eigenvalue weighted by Gasteiger charge is -1.90. The van der Waals surface area contributed by atoms with Crippen molar-refractivity contribution in [1.29, 1.82) is 0 Å². The van der Waals surface area contributed by atoms with Crippen LogP contribution in [-0.4, -0.2) is 18.1 Å². The Hall–Kier alpha value is -0.0200. The van der Waals surface area contributed by atoms with Gasteiger partial charge in [0.05, 0.1) is 6.04 Å². The molecular weight excluding hydrogens is 98.1 g/mol. The number of aldehydes is 1.